The molecule has 0 aliphatic carbocycles. The second-order valence-corrected chi connectivity index (χ2v) is 7.52. The Bertz CT molecular complexity index is 989. The van der Waals surface area contributed by atoms with Crippen molar-refractivity contribution >= 4 is 51.3 Å². The Hall–Kier alpha value is -1.74. The molecule has 3 aromatic rings. The smallest absolute Gasteiger partial charge is 0.214 e. The first-order valence-corrected chi connectivity index (χ1v) is 9.73. The minimum Gasteiger partial charge on any atom is -0.493 e. The van der Waals surface area contributed by atoms with Crippen LogP contribution in [-0.4, -0.2) is 22.0 Å². The van der Waals surface area contributed by atoms with Gasteiger partial charge in [-0.15, -0.1) is 0 Å². The van der Waals surface area contributed by atoms with E-state index in [1.54, 1.807) is 36.3 Å². The van der Waals surface area contributed by atoms with Crippen molar-refractivity contribution in [2.45, 2.75) is 13.2 Å². The molecule has 0 atom stereocenters. The average Bonchev–Trinajstić information content (AvgIpc) is 3.05. The second kappa shape index (κ2) is 8.97. The fourth-order valence-electron chi connectivity index (χ4n) is 2.37. The van der Waals surface area contributed by atoms with Crippen LogP contribution >= 0.6 is 51.3 Å². The van der Waals surface area contributed by atoms with Crippen LogP contribution in [0.15, 0.2) is 41.1 Å². The fraction of sp³-hybridized carbons (Fsp3) is 0.176. The summed E-state index contributed by atoms with van der Waals surface area (Å²) in [5.74, 6) is 1.15. The topological polar surface area (TPSA) is 64.1 Å². The zero-order valence-corrected chi connectivity index (χ0v) is 18.0. The molecular weight excluding hydrogens is 475 g/mol. The Labute approximate surface area is 179 Å². The quantitative estimate of drug-likeness (QED) is 0.438. The molecule has 3 rings (SSSR count). The first-order valence-electron chi connectivity index (χ1n) is 7.77. The summed E-state index contributed by atoms with van der Waals surface area (Å²) in [6, 6.07) is 9.15. The van der Waals surface area contributed by atoms with Gasteiger partial charge in [0.25, 0.3) is 0 Å². The SMILES string of the molecule is COc1cc(CNn2cn[nH]c2=S)cc(Br)c1OCc1c(Cl)cccc1Cl. The number of nitrogens with one attached hydrogen (secondary N) is 2. The van der Waals surface area contributed by atoms with Crippen molar-refractivity contribution in [2.24, 2.45) is 0 Å². The van der Waals surface area contributed by atoms with E-state index in [-0.39, 0.29) is 6.61 Å². The lowest BCUT2D eigenvalue weighted by molar-refractivity contribution is 0.282. The molecule has 0 fully saturated rings. The molecule has 1 aromatic heterocycles. The molecule has 142 valence electrons. The van der Waals surface area contributed by atoms with Crippen molar-refractivity contribution in [3.05, 3.63) is 67.1 Å². The number of benzene rings is 2. The summed E-state index contributed by atoms with van der Waals surface area (Å²) in [4.78, 5) is 0. The van der Waals surface area contributed by atoms with E-state index in [2.05, 4.69) is 31.6 Å². The van der Waals surface area contributed by atoms with E-state index in [1.165, 1.54) is 0 Å². The van der Waals surface area contributed by atoms with Crippen molar-refractivity contribution in [1.29, 1.82) is 0 Å². The summed E-state index contributed by atoms with van der Waals surface area (Å²) < 4.78 is 14.3. The molecule has 0 amide bonds. The van der Waals surface area contributed by atoms with Crippen LogP contribution in [0.25, 0.3) is 0 Å². The summed E-state index contributed by atoms with van der Waals surface area (Å²) >= 11 is 21.0. The molecule has 1 heterocycles. The highest BCUT2D eigenvalue weighted by molar-refractivity contribution is 9.10. The number of aromatic nitrogens is 3. The van der Waals surface area contributed by atoms with Gasteiger partial charge in [0.15, 0.2) is 11.5 Å². The maximum absolute atomic E-state index is 6.20. The van der Waals surface area contributed by atoms with E-state index in [0.29, 0.717) is 32.9 Å². The van der Waals surface area contributed by atoms with Gasteiger partial charge < -0.3 is 14.9 Å². The summed E-state index contributed by atoms with van der Waals surface area (Å²) in [5.41, 5.74) is 4.83. The van der Waals surface area contributed by atoms with Gasteiger partial charge in [0, 0.05) is 15.6 Å². The van der Waals surface area contributed by atoms with E-state index < -0.39 is 0 Å². The lowest BCUT2D eigenvalue weighted by Crippen LogP contribution is -2.13. The third kappa shape index (κ3) is 4.76. The van der Waals surface area contributed by atoms with E-state index in [0.717, 1.165) is 15.6 Å². The molecule has 0 aliphatic rings. The lowest BCUT2D eigenvalue weighted by Gasteiger charge is -2.16. The van der Waals surface area contributed by atoms with Gasteiger partial charge in [-0.05, 0) is 58.0 Å². The van der Waals surface area contributed by atoms with Gasteiger partial charge in [-0.3, -0.25) is 5.10 Å². The van der Waals surface area contributed by atoms with Crippen molar-refractivity contribution in [3.63, 3.8) is 0 Å². The summed E-state index contributed by atoms with van der Waals surface area (Å²) in [6.07, 6.45) is 1.57. The summed E-state index contributed by atoms with van der Waals surface area (Å²) in [7, 11) is 1.58. The normalized spacial score (nSPS) is 10.7. The number of halogens is 3. The number of ether oxygens (including phenoxy) is 2. The molecule has 2 aromatic carbocycles. The zero-order chi connectivity index (χ0) is 19.4. The highest BCUT2D eigenvalue weighted by Gasteiger charge is 2.14. The Balaban J connectivity index is 1.78. The molecule has 0 saturated carbocycles. The highest BCUT2D eigenvalue weighted by Crippen LogP contribution is 2.38. The second-order valence-electron chi connectivity index (χ2n) is 5.46. The van der Waals surface area contributed by atoms with Crippen molar-refractivity contribution in [1.82, 2.24) is 14.9 Å². The third-order valence-corrected chi connectivity index (χ3v) is 5.30. The van der Waals surface area contributed by atoms with Crippen LogP contribution in [0, 0.1) is 4.77 Å². The maximum Gasteiger partial charge on any atom is 0.214 e. The Morgan fingerprint density at radius 3 is 2.67 bits per heavy atom. The van der Waals surface area contributed by atoms with Crippen molar-refractivity contribution in [3.8, 4) is 11.5 Å². The van der Waals surface area contributed by atoms with Gasteiger partial charge in [-0.25, -0.2) is 4.68 Å². The lowest BCUT2D eigenvalue weighted by atomic mass is 10.2. The standard InChI is InChI=1S/C17H15BrCl2N4O2S/c1-25-15-6-10(7-22-24-9-21-23-17(24)27)5-12(18)16(15)26-8-11-13(19)3-2-4-14(11)20/h2-6,9,22H,7-8H2,1H3,(H,23,27). The molecule has 0 saturated heterocycles. The summed E-state index contributed by atoms with van der Waals surface area (Å²) in [5, 5.41) is 7.64. The first-order chi connectivity index (χ1) is 13.0. The number of H-pyrrole nitrogens is 1. The molecule has 0 spiro atoms. The Morgan fingerprint density at radius 1 is 1.30 bits per heavy atom. The van der Waals surface area contributed by atoms with E-state index in [4.69, 9.17) is 44.9 Å². The van der Waals surface area contributed by atoms with Crippen LogP contribution in [-0.2, 0) is 13.2 Å². The van der Waals surface area contributed by atoms with E-state index >= 15 is 0 Å². The largest absolute Gasteiger partial charge is 0.493 e. The molecule has 2 N–H and O–H groups in total. The first kappa shape index (κ1) is 20.0. The van der Waals surface area contributed by atoms with Gasteiger partial charge in [-0.2, -0.15) is 5.10 Å². The molecule has 10 heteroatoms. The van der Waals surface area contributed by atoms with Crippen LogP contribution in [0.4, 0.5) is 0 Å². The summed E-state index contributed by atoms with van der Waals surface area (Å²) in [6.45, 7) is 0.731. The van der Waals surface area contributed by atoms with E-state index in [1.807, 2.05) is 12.1 Å². The number of rotatable bonds is 7. The van der Waals surface area contributed by atoms with Gasteiger partial charge >= 0.3 is 0 Å². The predicted molar refractivity (Wildman–Crippen MR) is 112 cm³/mol. The minimum absolute atomic E-state index is 0.218. The van der Waals surface area contributed by atoms with Gasteiger partial charge in [0.05, 0.1) is 18.1 Å². The van der Waals surface area contributed by atoms with Crippen molar-refractivity contribution < 1.29 is 9.47 Å². The van der Waals surface area contributed by atoms with Crippen molar-refractivity contribution in [2.75, 3.05) is 12.5 Å². The zero-order valence-electron chi connectivity index (χ0n) is 14.1. The van der Waals surface area contributed by atoms with Crippen LogP contribution in [0.5, 0.6) is 11.5 Å². The monoisotopic (exact) mass is 488 g/mol. The Morgan fingerprint density at radius 2 is 2.04 bits per heavy atom. The van der Waals surface area contributed by atoms with E-state index in [9.17, 15) is 0 Å². The van der Waals surface area contributed by atoms with Crippen LogP contribution in [0.2, 0.25) is 10.0 Å². The number of methoxy groups -OCH3 is 1. The van der Waals surface area contributed by atoms with Gasteiger partial charge in [0.2, 0.25) is 4.77 Å². The number of aromatic amines is 1. The number of nitrogens with zero attached hydrogens (tertiary/aromatic N) is 2. The minimum atomic E-state index is 0.218. The molecule has 6 nitrogen and oxygen atoms in total. The molecular formula is C17H15BrCl2N4O2S. The maximum atomic E-state index is 6.20. The van der Waals surface area contributed by atoms with Crippen LogP contribution < -0.4 is 14.9 Å². The fourth-order valence-corrected chi connectivity index (χ4v) is 3.64. The third-order valence-electron chi connectivity index (χ3n) is 3.72. The number of hydrogen-bond donors (Lipinski definition) is 2. The molecule has 0 radical (unpaired) electrons. The van der Waals surface area contributed by atoms with Crippen LogP contribution in [0.1, 0.15) is 11.1 Å². The average molecular weight is 490 g/mol. The molecule has 27 heavy (non-hydrogen) atoms. The predicted octanol–water partition coefficient (Wildman–Crippen LogP) is 5.34. The molecule has 0 aliphatic heterocycles. The molecule has 0 bridgehead atoms. The molecule has 0 unspecified atom stereocenters. The highest BCUT2D eigenvalue weighted by atomic mass is 79.9. The number of hydrogen-bond acceptors (Lipinski definition) is 5. The van der Waals surface area contributed by atoms with Gasteiger partial charge in [-0.1, -0.05) is 29.3 Å². The van der Waals surface area contributed by atoms with Crippen LogP contribution in [0.3, 0.4) is 0 Å². The van der Waals surface area contributed by atoms with Gasteiger partial charge in [0.1, 0.15) is 12.9 Å². The Kier molecular flexibility index (Phi) is 6.64.